The lowest BCUT2D eigenvalue weighted by atomic mass is 9.87. The van der Waals surface area contributed by atoms with Crippen molar-refractivity contribution in [2.75, 3.05) is 0 Å². The first-order chi connectivity index (χ1) is 7.58. The molecule has 4 nitrogen and oxygen atoms in total. The van der Waals surface area contributed by atoms with Crippen LogP contribution in [0.25, 0.3) is 0 Å². The van der Waals surface area contributed by atoms with Gasteiger partial charge in [0.2, 0.25) is 6.29 Å². The number of rotatable bonds is 4. The molecule has 0 aromatic carbocycles. The zero-order chi connectivity index (χ0) is 12.0. The van der Waals surface area contributed by atoms with Crippen molar-refractivity contribution in [2.24, 2.45) is 5.92 Å². The minimum absolute atomic E-state index is 0.263. The van der Waals surface area contributed by atoms with Crippen molar-refractivity contribution in [1.82, 2.24) is 0 Å². The van der Waals surface area contributed by atoms with Gasteiger partial charge in [-0.25, -0.2) is 0 Å². The van der Waals surface area contributed by atoms with Crippen molar-refractivity contribution in [3.05, 3.63) is 0 Å². The van der Waals surface area contributed by atoms with Gasteiger partial charge in [0, 0.05) is 20.3 Å². The Morgan fingerprint density at radius 3 is 2.38 bits per heavy atom. The first kappa shape index (κ1) is 13.0. The van der Waals surface area contributed by atoms with Crippen LogP contribution in [0, 0.1) is 5.92 Å². The molecule has 16 heavy (non-hydrogen) atoms. The summed E-state index contributed by atoms with van der Waals surface area (Å²) in [5.41, 5.74) is 0. The highest BCUT2D eigenvalue weighted by Crippen LogP contribution is 2.26. The molecule has 1 fully saturated rings. The van der Waals surface area contributed by atoms with E-state index in [4.69, 9.17) is 9.47 Å². The van der Waals surface area contributed by atoms with Crippen LogP contribution < -0.4 is 0 Å². The van der Waals surface area contributed by atoms with E-state index in [0.29, 0.717) is 12.3 Å². The van der Waals surface area contributed by atoms with Crippen LogP contribution in [0.4, 0.5) is 0 Å². The molecule has 0 bridgehead atoms. The fourth-order valence-electron chi connectivity index (χ4n) is 2.12. The van der Waals surface area contributed by atoms with Gasteiger partial charge in [0.05, 0.1) is 0 Å². The summed E-state index contributed by atoms with van der Waals surface area (Å²) >= 11 is 0. The lowest BCUT2D eigenvalue weighted by molar-refractivity contribution is -0.183. The minimum atomic E-state index is -0.770. The van der Waals surface area contributed by atoms with E-state index in [1.54, 1.807) is 6.92 Å². The average Bonchev–Trinajstić information content (AvgIpc) is 2.17. The van der Waals surface area contributed by atoms with Crippen molar-refractivity contribution in [1.29, 1.82) is 0 Å². The van der Waals surface area contributed by atoms with Gasteiger partial charge < -0.3 is 9.47 Å². The van der Waals surface area contributed by atoms with Gasteiger partial charge in [0.1, 0.15) is 0 Å². The fourth-order valence-corrected chi connectivity index (χ4v) is 2.12. The number of carbonyl (C=O) groups is 2. The lowest BCUT2D eigenvalue weighted by Gasteiger charge is -2.21. The summed E-state index contributed by atoms with van der Waals surface area (Å²) in [6.45, 7) is 2.85. The van der Waals surface area contributed by atoms with Gasteiger partial charge >= 0.3 is 11.9 Å². The Balaban J connectivity index is 2.21. The van der Waals surface area contributed by atoms with E-state index in [1.165, 1.54) is 26.2 Å². The Morgan fingerprint density at radius 1 is 1.19 bits per heavy atom. The summed E-state index contributed by atoms with van der Waals surface area (Å²) < 4.78 is 9.71. The third kappa shape index (κ3) is 5.14. The highest BCUT2D eigenvalue weighted by atomic mass is 16.7. The maximum atomic E-state index is 11.5. The quantitative estimate of drug-likeness (QED) is 0.547. The molecule has 1 aliphatic carbocycles. The predicted octanol–water partition coefficient (Wildman–Crippen LogP) is 2.41. The maximum absolute atomic E-state index is 11.5. The fraction of sp³-hybridized carbons (Fsp3) is 0.833. The SMILES string of the molecule is CC(=O)OC(C)OC(=O)CC1CCCCC1. The smallest absolute Gasteiger partial charge is 0.309 e. The predicted molar refractivity (Wildman–Crippen MR) is 58.5 cm³/mol. The summed E-state index contributed by atoms with van der Waals surface area (Å²) in [7, 11) is 0. The topological polar surface area (TPSA) is 52.6 Å². The average molecular weight is 228 g/mol. The molecule has 0 aromatic heterocycles. The van der Waals surface area contributed by atoms with Crippen molar-refractivity contribution >= 4 is 11.9 Å². The number of hydrogen-bond donors (Lipinski definition) is 0. The highest BCUT2D eigenvalue weighted by Gasteiger charge is 2.19. The molecule has 1 unspecified atom stereocenters. The summed E-state index contributed by atoms with van der Waals surface area (Å²) in [5, 5.41) is 0. The van der Waals surface area contributed by atoms with Crippen LogP contribution in [0.5, 0.6) is 0 Å². The number of carbonyl (C=O) groups excluding carboxylic acids is 2. The van der Waals surface area contributed by atoms with Crippen molar-refractivity contribution in [3.63, 3.8) is 0 Å². The van der Waals surface area contributed by atoms with Crippen LogP contribution in [0.2, 0.25) is 0 Å². The first-order valence-corrected chi connectivity index (χ1v) is 5.94. The van der Waals surface area contributed by atoms with Crippen LogP contribution in [-0.2, 0) is 19.1 Å². The zero-order valence-corrected chi connectivity index (χ0v) is 10.0. The monoisotopic (exact) mass is 228 g/mol. The third-order valence-corrected chi connectivity index (χ3v) is 2.81. The Morgan fingerprint density at radius 2 is 1.81 bits per heavy atom. The summed E-state index contributed by atoms with van der Waals surface area (Å²) in [4.78, 5) is 22.1. The van der Waals surface area contributed by atoms with Crippen molar-refractivity contribution < 1.29 is 19.1 Å². The van der Waals surface area contributed by atoms with Gasteiger partial charge in [-0.1, -0.05) is 19.3 Å². The van der Waals surface area contributed by atoms with E-state index in [2.05, 4.69) is 0 Å². The molecule has 0 radical (unpaired) electrons. The molecule has 1 rings (SSSR count). The van der Waals surface area contributed by atoms with Crippen LogP contribution in [0.15, 0.2) is 0 Å². The van der Waals surface area contributed by atoms with Crippen LogP contribution in [-0.4, -0.2) is 18.2 Å². The van der Waals surface area contributed by atoms with Crippen molar-refractivity contribution in [2.45, 2.75) is 58.7 Å². The summed E-state index contributed by atoms with van der Waals surface area (Å²) in [6.07, 6.45) is 5.58. The van der Waals surface area contributed by atoms with Gasteiger partial charge in [-0.2, -0.15) is 0 Å². The maximum Gasteiger partial charge on any atom is 0.309 e. The number of hydrogen-bond acceptors (Lipinski definition) is 4. The number of esters is 2. The molecule has 92 valence electrons. The van der Waals surface area contributed by atoms with Crippen LogP contribution in [0.1, 0.15) is 52.4 Å². The molecule has 0 N–H and O–H groups in total. The second kappa shape index (κ2) is 6.51. The van der Waals surface area contributed by atoms with E-state index >= 15 is 0 Å². The molecular weight excluding hydrogens is 208 g/mol. The highest BCUT2D eigenvalue weighted by molar-refractivity contribution is 5.70. The summed E-state index contributed by atoms with van der Waals surface area (Å²) in [6, 6.07) is 0. The molecule has 0 aliphatic heterocycles. The van der Waals surface area contributed by atoms with Gasteiger partial charge in [0.25, 0.3) is 0 Å². The molecule has 1 atom stereocenters. The molecule has 1 saturated carbocycles. The first-order valence-electron chi connectivity index (χ1n) is 5.94. The molecule has 0 aromatic rings. The summed E-state index contributed by atoms with van der Waals surface area (Å²) in [5.74, 6) is -0.246. The molecule has 0 saturated heterocycles. The normalized spacial score (nSPS) is 18.9. The Kier molecular flexibility index (Phi) is 5.29. The molecule has 0 spiro atoms. The van der Waals surface area contributed by atoms with Crippen LogP contribution in [0.3, 0.4) is 0 Å². The molecule has 0 heterocycles. The standard InChI is InChI=1S/C12H20O4/c1-9(13)15-10(2)16-12(14)8-11-6-4-3-5-7-11/h10-11H,3-8H2,1-2H3. The zero-order valence-electron chi connectivity index (χ0n) is 10.0. The van der Waals surface area contributed by atoms with E-state index in [9.17, 15) is 9.59 Å². The minimum Gasteiger partial charge on any atom is -0.426 e. The molecule has 1 aliphatic rings. The van der Waals surface area contributed by atoms with Gasteiger partial charge in [-0.15, -0.1) is 0 Å². The number of ether oxygens (including phenoxy) is 2. The second-order valence-electron chi connectivity index (χ2n) is 4.38. The van der Waals surface area contributed by atoms with Gasteiger partial charge in [0.15, 0.2) is 0 Å². The largest absolute Gasteiger partial charge is 0.426 e. The van der Waals surface area contributed by atoms with E-state index in [-0.39, 0.29) is 5.97 Å². The Labute approximate surface area is 96.3 Å². The van der Waals surface area contributed by atoms with E-state index in [1.807, 2.05) is 0 Å². The third-order valence-electron chi connectivity index (χ3n) is 2.81. The van der Waals surface area contributed by atoms with Crippen molar-refractivity contribution in [3.8, 4) is 0 Å². The Bertz CT molecular complexity index is 243. The Hall–Kier alpha value is -1.06. The van der Waals surface area contributed by atoms with E-state index < -0.39 is 12.3 Å². The van der Waals surface area contributed by atoms with Gasteiger partial charge in [-0.3, -0.25) is 9.59 Å². The molecule has 0 amide bonds. The molecular formula is C12H20O4. The van der Waals surface area contributed by atoms with Gasteiger partial charge in [-0.05, 0) is 18.8 Å². The second-order valence-corrected chi connectivity index (χ2v) is 4.38. The lowest BCUT2D eigenvalue weighted by Crippen LogP contribution is -2.22. The molecule has 4 heteroatoms. The van der Waals surface area contributed by atoms with E-state index in [0.717, 1.165) is 12.8 Å². The van der Waals surface area contributed by atoms with Crippen LogP contribution >= 0.6 is 0 Å².